The Balaban J connectivity index is 1.94. The number of amides is 1. The molecule has 6 heteroatoms. The van der Waals surface area contributed by atoms with Crippen LogP contribution in [-0.2, 0) is 20.9 Å². The van der Waals surface area contributed by atoms with Crippen molar-refractivity contribution in [2.24, 2.45) is 0 Å². The van der Waals surface area contributed by atoms with Crippen LogP contribution in [0, 0.1) is 6.92 Å². The molecule has 0 radical (unpaired) electrons. The van der Waals surface area contributed by atoms with Gasteiger partial charge in [-0.15, -0.1) is 0 Å². The van der Waals surface area contributed by atoms with E-state index in [9.17, 15) is 9.59 Å². The normalized spacial score (nSPS) is 17.0. The van der Waals surface area contributed by atoms with Gasteiger partial charge < -0.3 is 10.1 Å². The molecule has 6 nitrogen and oxygen atoms in total. The van der Waals surface area contributed by atoms with Crippen molar-refractivity contribution in [3.63, 3.8) is 0 Å². The number of aryl methyl sites for hydroxylation is 2. The lowest BCUT2D eigenvalue weighted by Gasteiger charge is -2.35. The second kappa shape index (κ2) is 7.42. The fourth-order valence-corrected chi connectivity index (χ4v) is 2.94. The molecule has 1 amide bonds. The second-order valence-electron chi connectivity index (χ2n) is 5.94. The molecule has 0 spiro atoms. The average molecular weight is 307 g/mol. The van der Waals surface area contributed by atoms with Gasteiger partial charge in [0, 0.05) is 19.2 Å². The molecule has 22 heavy (non-hydrogen) atoms. The zero-order valence-electron chi connectivity index (χ0n) is 13.4. The van der Waals surface area contributed by atoms with Gasteiger partial charge in [0.05, 0.1) is 12.8 Å². The number of esters is 1. The first-order valence-corrected chi connectivity index (χ1v) is 8.03. The largest absolute Gasteiger partial charge is 0.464 e. The summed E-state index contributed by atoms with van der Waals surface area (Å²) in [5, 5.41) is 7.10. The van der Waals surface area contributed by atoms with Gasteiger partial charge in [0.15, 0.2) is 0 Å². The molecule has 1 aliphatic rings. The first-order chi connectivity index (χ1) is 10.6. The van der Waals surface area contributed by atoms with E-state index >= 15 is 0 Å². The number of rotatable bonds is 6. The number of nitrogens with zero attached hydrogens (tertiary/aromatic N) is 2. The van der Waals surface area contributed by atoms with Crippen molar-refractivity contribution in [1.82, 2.24) is 15.1 Å². The predicted octanol–water partition coefficient (Wildman–Crippen LogP) is 1.96. The fraction of sp³-hybridized carbons (Fsp3) is 0.688. The van der Waals surface area contributed by atoms with Gasteiger partial charge in [0.1, 0.15) is 5.54 Å². The molecular formula is C16H25N3O3. The summed E-state index contributed by atoms with van der Waals surface area (Å²) < 4.78 is 6.92. The van der Waals surface area contributed by atoms with E-state index < -0.39 is 5.54 Å². The standard InChI is InChI=1S/C16H25N3O3/c1-3-22-15(21)16(8-5-4-6-9-16)18-14(20)7-10-19-12-13(2)11-17-19/h11-12H,3-10H2,1-2H3,(H,18,20). The van der Waals surface area contributed by atoms with E-state index in [1.165, 1.54) is 0 Å². The van der Waals surface area contributed by atoms with Crippen LogP contribution in [0.4, 0.5) is 0 Å². The maximum atomic E-state index is 12.3. The summed E-state index contributed by atoms with van der Waals surface area (Å²) in [6.45, 7) is 4.60. The first kappa shape index (κ1) is 16.5. The van der Waals surface area contributed by atoms with Gasteiger partial charge in [-0.05, 0) is 32.3 Å². The van der Waals surface area contributed by atoms with E-state index in [-0.39, 0.29) is 11.9 Å². The summed E-state index contributed by atoms with van der Waals surface area (Å²) in [7, 11) is 0. The molecule has 1 N–H and O–H groups in total. The molecule has 1 aliphatic carbocycles. The van der Waals surface area contributed by atoms with E-state index in [0.29, 0.717) is 32.4 Å². The summed E-state index contributed by atoms with van der Waals surface area (Å²) in [6.07, 6.45) is 8.28. The highest BCUT2D eigenvalue weighted by molar-refractivity contribution is 5.88. The molecule has 122 valence electrons. The van der Waals surface area contributed by atoms with Crippen LogP contribution in [0.3, 0.4) is 0 Å². The SMILES string of the molecule is CCOC(=O)C1(NC(=O)CCn2cc(C)cn2)CCCCC1. The Morgan fingerprint density at radius 3 is 2.68 bits per heavy atom. The van der Waals surface area contributed by atoms with Gasteiger partial charge in [0.2, 0.25) is 5.91 Å². The highest BCUT2D eigenvalue weighted by atomic mass is 16.5. The molecule has 1 fully saturated rings. The molecule has 1 aromatic heterocycles. The molecule has 1 heterocycles. The predicted molar refractivity (Wildman–Crippen MR) is 82.2 cm³/mol. The van der Waals surface area contributed by atoms with Crippen LogP contribution in [0.1, 0.15) is 51.0 Å². The lowest BCUT2D eigenvalue weighted by atomic mass is 9.81. The molecule has 0 aromatic carbocycles. The second-order valence-corrected chi connectivity index (χ2v) is 5.94. The highest BCUT2D eigenvalue weighted by Gasteiger charge is 2.42. The van der Waals surface area contributed by atoms with Crippen molar-refractivity contribution in [3.05, 3.63) is 18.0 Å². The molecule has 0 bridgehead atoms. The summed E-state index contributed by atoms with van der Waals surface area (Å²) in [4.78, 5) is 24.5. The van der Waals surface area contributed by atoms with E-state index in [1.54, 1.807) is 17.8 Å². The van der Waals surface area contributed by atoms with E-state index in [1.807, 2.05) is 13.1 Å². The number of carbonyl (C=O) groups is 2. The van der Waals surface area contributed by atoms with Crippen LogP contribution in [0.25, 0.3) is 0 Å². The molecule has 0 saturated heterocycles. The van der Waals surface area contributed by atoms with Gasteiger partial charge in [-0.2, -0.15) is 5.10 Å². The van der Waals surface area contributed by atoms with Crippen molar-refractivity contribution in [1.29, 1.82) is 0 Å². The summed E-state index contributed by atoms with van der Waals surface area (Å²) in [5.74, 6) is -0.416. The molecule has 2 rings (SSSR count). The molecule has 0 aliphatic heterocycles. The number of carbonyl (C=O) groups excluding carboxylic acids is 2. The van der Waals surface area contributed by atoms with E-state index in [2.05, 4.69) is 10.4 Å². The van der Waals surface area contributed by atoms with Crippen molar-refractivity contribution < 1.29 is 14.3 Å². The molecule has 0 unspecified atom stereocenters. The van der Waals surface area contributed by atoms with Crippen LogP contribution in [-0.4, -0.2) is 33.8 Å². The number of aromatic nitrogens is 2. The zero-order valence-corrected chi connectivity index (χ0v) is 13.4. The Morgan fingerprint density at radius 2 is 2.09 bits per heavy atom. The van der Waals surface area contributed by atoms with Crippen molar-refractivity contribution in [2.45, 2.75) is 64.5 Å². The smallest absolute Gasteiger partial charge is 0.331 e. The minimum absolute atomic E-state index is 0.122. The van der Waals surface area contributed by atoms with Crippen LogP contribution >= 0.6 is 0 Å². The van der Waals surface area contributed by atoms with Gasteiger partial charge in [-0.25, -0.2) is 4.79 Å². The monoisotopic (exact) mass is 307 g/mol. The number of ether oxygens (including phenoxy) is 1. The lowest BCUT2D eigenvalue weighted by Crippen LogP contribution is -2.56. The summed E-state index contributed by atoms with van der Waals surface area (Å²) in [5.41, 5.74) is 0.237. The molecule has 1 aromatic rings. The Hall–Kier alpha value is -1.85. The quantitative estimate of drug-likeness (QED) is 0.815. The van der Waals surface area contributed by atoms with Gasteiger partial charge in [-0.3, -0.25) is 9.48 Å². The zero-order chi connectivity index (χ0) is 16.0. The first-order valence-electron chi connectivity index (χ1n) is 8.03. The van der Waals surface area contributed by atoms with Gasteiger partial charge in [-0.1, -0.05) is 19.3 Å². The number of nitrogens with one attached hydrogen (secondary N) is 1. The Morgan fingerprint density at radius 1 is 1.36 bits per heavy atom. The number of hydrogen-bond donors (Lipinski definition) is 1. The van der Waals surface area contributed by atoms with Gasteiger partial charge >= 0.3 is 5.97 Å². The minimum atomic E-state index is -0.828. The summed E-state index contributed by atoms with van der Waals surface area (Å²) in [6, 6.07) is 0. The van der Waals surface area contributed by atoms with Crippen LogP contribution in [0.2, 0.25) is 0 Å². The molecular weight excluding hydrogens is 282 g/mol. The van der Waals surface area contributed by atoms with Crippen molar-refractivity contribution in [2.75, 3.05) is 6.61 Å². The fourth-order valence-electron chi connectivity index (χ4n) is 2.94. The highest BCUT2D eigenvalue weighted by Crippen LogP contribution is 2.29. The maximum Gasteiger partial charge on any atom is 0.331 e. The van der Waals surface area contributed by atoms with Gasteiger partial charge in [0.25, 0.3) is 0 Å². The van der Waals surface area contributed by atoms with E-state index in [0.717, 1.165) is 24.8 Å². The molecule has 1 saturated carbocycles. The minimum Gasteiger partial charge on any atom is -0.464 e. The van der Waals surface area contributed by atoms with Crippen LogP contribution < -0.4 is 5.32 Å². The van der Waals surface area contributed by atoms with Crippen molar-refractivity contribution >= 4 is 11.9 Å². The third-order valence-electron chi connectivity index (χ3n) is 4.08. The Kier molecular flexibility index (Phi) is 5.57. The molecule has 0 atom stereocenters. The number of hydrogen-bond acceptors (Lipinski definition) is 4. The van der Waals surface area contributed by atoms with Crippen LogP contribution in [0.15, 0.2) is 12.4 Å². The third-order valence-corrected chi connectivity index (χ3v) is 4.08. The van der Waals surface area contributed by atoms with Crippen LogP contribution in [0.5, 0.6) is 0 Å². The topological polar surface area (TPSA) is 73.2 Å². The Bertz CT molecular complexity index is 518. The van der Waals surface area contributed by atoms with Crippen molar-refractivity contribution in [3.8, 4) is 0 Å². The van der Waals surface area contributed by atoms with E-state index in [4.69, 9.17) is 4.74 Å². The maximum absolute atomic E-state index is 12.3. The lowest BCUT2D eigenvalue weighted by molar-refractivity contribution is -0.155. The Labute approximate surface area is 131 Å². The average Bonchev–Trinajstić information content (AvgIpc) is 2.92. The summed E-state index contributed by atoms with van der Waals surface area (Å²) >= 11 is 0. The third kappa shape index (κ3) is 4.08.